The van der Waals surface area contributed by atoms with Crippen LogP contribution in [0.25, 0.3) is 0 Å². The normalized spacial score (nSPS) is 33.6. The minimum absolute atomic E-state index is 0.0385. The van der Waals surface area contributed by atoms with E-state index in [1.807, 2.05) is 30.3 Å². The van der Waals surface area contributed by atoms with Crippen molar-refractivity contribution in [2.24, 2.45) is 5.92 Å². The molecule has 1 aliphatic carbocycles. The Morgan fingerprint density at radius 1 is 1.14 bits per heavy atom. The van der Waals surface area contributed by atoms with Gasteiger partial charge in [0.15, 0.2) is 0 Å². The van der Waals surface area contributed by atoms with E-state index in [9.17, 15) is 4.79 Å². The number of rotatable bonds is 5. The zero-order chi connectivity index (χ0) is 14.9. The summed E-state index contributed by atoms with van der Waals surface area (Å²) in [5.41, 5.74) is 1.14. The quantitative estimate of drug-likeness (QED) is 0.890. The predicted molar refractivity (Wildman–Crippen MR) is 79.2 cm³/mol. The van der Waals surface area contributed by atoms with Gasteiger partial charge in [-0.05, 0) is 18.4 Å². The molecule has 4 rings (SSSR count). The van der Waals surface area contributed by atoms with Crippen LogP contribution in [0.1, 0.15) is 18.4 Å². The summed E-state index contributed by atoms with van der Waals surface area (Å²) < 4.78 is 17.6. The van der Waals surface area contributed by atoms with Gasteiger partial charge < -0.3 is 19.5 Å². The monoisotopic (exact) mass is 303 g/mol. The zero-order valence-corrected chi connectivity index (χ0v) is 12.4. The number of fused-ring (bicyclic) bond motifs is 1. The number of amides is 1. The van der Waals surface area contributed by atoms with Crippen molar-refractivity contribution in [3.05, 3.63) is 35.9 Å². The summed E-state index contributed by atoms with van der Waals surface area (Å²) in [4.78, 5) is 11.9. The van der Waals surface area contributed by atoms with Crippen molar-refractivity contribution in [2.45, 2.75) is 43.8 Å². The lowest BCUT2D eigenvalue weighted by atomic mass is 10.1. The summed E-state index contributed by atoms with van der Waals surface area (Å²) in [5.74, 6) is 0.358. The van der Waals surface area contributed by atoms with Gasteiger partial charge in [-0.2, -0.15) is 0 Å². The van der Waals surface area contributed by atoms with Crippen molar-refractivity contribution in [1.82, 2.24) is 5.32 Å². The Bertz CT molecular complexity index is 531. The summed E-state index contributed by atoms with van der Waals surface area (Å²) in [6.45, 7) is 1.59. The number of hydrogen-bond acceptors (Lipinski definition) is 4. The topological polar surface area (TPSA) is 56.8 Å². The molecule has 4 unspecified atom stereocenters. The highest BCUT2D eigenvalue weighted by molar-refractivity contribution is 5.81. The number of carbonyl (C=O) groups excluding carboxylic acids is 1. The van der Waals surface area contributed by atoms with Gasteiger partial charge in [0.05, 0.1) is 25.9 Å². The molecule has 118 valence electrons. The molecular formula is C17H21NO4. The second-order valence-corrected chi connectivity index (χ2v) is 6.32. The van der Waals surface area contributed by atoms with E-state index in [0.29, 0.717) is 19.8 Å². The van der Waals surface area contributed by atoms with E-state index >= 15 is 0 Å². The maximum absolute atomic E-state index is 11.9. The Balaban J connectivity index is 1.31. The standard InChI is InChI=1S/C17H21NO4/c19-17(12-6-7-12)18-13-9-21-16-14(10-22-15(13)16)20-8-11-4-2-1-3-5-11/h1-5,12-16H,6-10H2,(H,18,19). The van der Waals surface area contributed by atoms with E-state index in [1.54, 1.807) is 0 Å². The van der Waals surface area contributed by atoms with Gasteiger partial charge in [-0.15, -0.1) is 0 Å². The van der Waals surface area contributed by atoms with E-state index in [0.717, 1.165) is 18.4 Å². The number of carbonyl (C=O) groups is 1. The second-order valence-electron chi connectivity index (χ2n) is 6.32. The number of ether oxygens (including phenoxy) is 3. The molecule has 1 saturated carbocycles. The van der Waals surface area contributed by atoms with Gasteiger partial charge in [0.2, 0.25) is 5.91 Å². The molecule has 0 radical (unpaired) electrons. The zero-order valence-electron chi connectivity index (χ0n) is 12.4. The van der Waals surface area contributed by atoms with E-state index < -0.39 is 0 Å². The Kier molecular flexibility index (Phi) is 3.86. The Hall–Kier alpha value is -1.43. The van der Waals surface area contributed by atoms with Gasteiger partial charge in [-0.1, -0.05) is 30.3 Å². The summed E-state index contributed by atoms with van der Waals surface area (Å²) in [7, 11) is 0. The van der Waals surface area contributed by atoms with Crippen LogP contribution < -0.4 is 5.32 Å². The maximum atomic E-state index is 11.9. The van der Waals surface area contributed by atoms with E-state index in [4.69, 9.17) is 14.2 Å². The molecule has 22 heavy (non-hydrogen) atoms. The average Bonchev–Trinajstić information content (AvgIpc) is 3.21. The fourth-order valence-electron chi connectivity index (χ4n) is 3.15. The third-order valence-electron chi connectivity index (χ3n) is 4.59. The molecule has 2 heterocycles. The van der Waals surface area contributed by atoms with E-state index in [-0.39, 0.29) is 36.2 Å². The minimum Gasteiger partial charge on any atom is -0.370 e. The summed E-state index contributed by atoms with van der Waals surface area (Å²) in [6.07, 6.45) is 1.80. The smallest absolute Gasteiger partial charge is 0.223 e. The molecule has 0 bridgehead atoms. The molecule has 1 amide bonds. The summed E-state index contributed by atoms with van der Waals surface area (Å²) in [6, 6.07) is 10.0. The molecule has 1 aromatic rings. The summed E-state index contributed by atoms with van der Waals surface area (Å²) in [5, 5.41) is 3.06. The molecule has 3 fully saturated rings. The van der Waals surface area contributed by atoms with Crippen molar-refractivity contribution >= 4 is 5.91 Å². The third kappa shape index (κ3) is 2.89. The second kappa shape index (κ2) is 5.99. The first-order chi connectivity index (χ1) is 10.8. The summed E-state index contributed by atoms with van der Waals surface area (Å²) >= 11 is 0. The van der Waals surface area contributed by atoms with Gasteiger partial charge in [-0.25, -0.2) is 0 Å². The Labute approximate surface area is 129 Å². The first kappa shape index (κ1) is 14.2. The molecule has 1 N–H and O–H groups in total. The van der Waals surface area contributed by atoms with Crippen LogP contribution in [0.4, 0.5) is 0 Å². The van der Waals surface area contributed by atoms with Crippen molar-refractivity contribution in [2.75, 3.05) is 13.2 Å². The predicted octanol–water partition coefficient (Wildman–Crippen LogP) is 1.26. The molecule has 0 spiro atoms. The molecule has 5 heteroatoms. The number of benzene rings is 1. The van der Waals surface area contributed by atoms with Gasteiger partial charge in [0.1, 0.15) is 18.3 Å². The average molecular weight is 303 g/mol. The lowest BCUT2D eigenvalue weighted by molar-refractivity contribution is -0.123. The van der Waals surface area contributed by atoms with Gasteiger partial charge in [0, 0.05) is 5.92 Å². The minimum atomic E-state index is -0.0801. The Morgan fingerprint density at radius 3 is 2.68 bits per heavy atom. The highest BCUT2D eigenvalue weighted by Gasteiger charge is 2.49. The molecule has 0 aromatic heterocycles. The van der Waals surface area contributed by atoms with Crippen LogP contribution in [0.15, 0.2) is 30.3 Å². The van der Waals surface area contributed by atoms with E-state index in [1.165, 1.54) is 0 Å². The fourth-order valence-corrected chi connectivity index (χ4v) is 3.15. The molecule has 4 atom stereocenters. The molecule has 3 aliphatic rings. The van der Waals surface area contributed by atoms with Crippen LogP contribution in [0.5, 0.6) is 0 Å². The molecule has 2 saturated heterocycles. The number of nitrogens with one attached hydrogen (secondary N) is 1. The highest BCUT2D eigenvalue weighted by Crippen LogP contribution is 2.32. The molecular weight excluding hydrogens is 282 g/mol. The molecule has 1 aromatic carbocycles. The van der Waals surface area contributed by atoms with Gasteiger partial charge in [0.25, 0.3) is 0 Å². The maximum Gasteiger partial charge on any atom is 0.223 e. The van der Waals surface area contributed by atoms with Gasteiger partial charge in [-0.3, -0.25) is 4.79 Å². The largest absolute Gasteiger partial charge is 0.370 e. The van der Waals surface area contributed by atoms with Gasteiger partial charge >= 0.3 is 0 Å². The first-order valence-electron chi connectivity index (χ1n) is 8.00. The van der Waals surface area contributed by atoms with E-state index in [2.05, 4.69) is 5.32 Å². The molecule has 5 nitrogen and oxygen atoms in total. The lowest BCUT2D eigenvalue weighted by Crippen LogP contribution is -2.45. The van der Waals surface area contributed by atoms with Crippen LogP contribution in [0.2, 0.25) is 0 Å². The van der Waals surface area contributed by atoms with Crippen LogP contribution in [-0.4, -0.2) is 43.5 Å². The van der Waals surface area contributed by atoms with Crippen molar-refractivity contribution in [3.63, 3.8) is 0 Å². The number of hydrogen-bond donors (Lipinski definition) is 1. The van der Waals surface area contributed by atoms with Crippen molar-refractivity contribution in [3.8, 4) is 0 Å². The highest BCUT2D eigenvalue weighted by atomic mass is 16.6. The fraction of sp³-hybridized carbons (Fsp3) is 0.588. The first-order valence-corrected chi connectivity index (χ1v) is 8.00. The Morgan fingerprint density at radius 2 is 1.91 bits per heavy atom. The molecule has 2 aliphatic heterocycles. The van der Waals surface area contributed by atoms with Crippen LogP contribution in [0, 0.1) is 5.92 Å². The third-order valence-corrected chi connectivity index (χ3v) is 4.59. The van der Waals surface area contributed by atoms with Crippen molar-refractivity contribution < 1.29 is 19.0 Å². The van der Waals surface area contributed by atoms with Crippen LogP contribution in [-0.2, 0) is 25.6 Å². The SMILES string of the molecule is O=C(NC1COC2C(OCc3ccccc3)COC12)C1CC1. The van der Waals surface area contributed by atoms with Crippen LogP contribution in [0.3, 0.4) is 0 Å². The lowest BCUT2D eigenvalue weighted by Gasteiger charge is -2.18. The van der Waals surface area contributed by atoms with Crippen molar-refractivity contribution in [1.29, 1.82) is 0 Å². The van der Waals surface area contributed by atoms with Crippen LogP contribution >= 0.6 is 0 Å².